The zero-order valence-electron chi connectivity index (χ0n) is 21.7. The van der Waals surface area contributed by atoms with E-state index in [1.54, 1.807) is 18.6 Å². The predicted molar refractivity (Wildman–Crippen MR) is 147 cm³/mol. The van der Waals surface area contributed by atoms with Crippen LogP contribution in [-0.4, -0.2) is 70.9 Å². The monoisotopic (exact) mass is 488 g/mol. The van der Waals surface area contributed by atoms with Gasteiger partial charge < -0.3 is 15.0 Å². The standard InChI is InChI=1S/C26H30N6O2.C2H6/c1-4-5-23(31-18(2)3)25-24(29-17-30-25)19-6-7-22-20(14-19)15-21(16-28-22)26(33)34-13-12-32-10-8-27-9-11-32;1-2/h4-7,14-17,27H,1,8-13H2,2-3H3,(H,29,30);1-2H3/b23-5-;. The number of allylic oxidation sites excluding steroid dienone is 2. The van der Waals surface area contributed by atoms with E-state index >= 15 is 0 Å². The van der Waals surface area contributed by atoms with Crippen molar-refractivity contribution in [2.45, 2.75) is 27.7 Å². The van der Waals surface area contributed by atoms with Crippen LogP contribution in [0.15, 0.2) is 60.5 Å². The number of pyridine rings is 1. The van der Waals surface area contributed by atoms with Crippen molar-refractivity contribution in [1.29, 1.82) is 0 Å². The topological polar surface area (TPSA) is 95.5 Å². The molecule has 4 rings (SSSR count). The number of aliphatic imine (C=N–C) groups is 1. The van der Waals surface area contributed by atoms with Crippen LogP contribution in [0.1, 0.15) is 43.7 Å². The Morgan fingerprint density at radius 1 is 1.19 bits per heavy atom. The number of hydrogen-bond donors (Lipinski definition) is 2. The number of esters is 1. The first-order chi connectivity index (χ1) is 17.5. The summed E-state index contributed by atoms with van der Waals surface area (Å²) in [4.78, 5) is 31.7. The second kappa shape index (κ2) is 13.5. The number of imidazole rings is 1. The normalized spacial score (nSPS) is 14.1. The number of piperazine rings is 1. The van der Waals surface area contributed by atoms with Gasteiger partial charge in [0.1, 0.15) is 6.61 Å². The minimum atomic E-state index is -0.362. The van der Waals surface area contributed by atoms with Crippen LogP contribution in [0.5, 0.6) is 0 Å². The Bertz CT molecular complexity index is 1230. The van der Waals surface area contributed by atoms with Gasteiger partial charge in [-0.2, -0.15) is 0 Å². The first-order valence-corrected chi connectivity index (χ1v) is 12.4. The van der Waals surface area contributed by atoms with Gasteiger partial charge in [0.2, 0.25) is 0 Å². The van der Waals surface area contributed by atoms with Gasteiger partial charge in [0.15, 0.2) is 0 Å². The van der Waals surface area contributed by atoms with Gasteiger partial charge in [0, 0.05) is 55.6 Å². The fraction of sp³-hybridized carbons (Fsp3) is 0.357. The third-order valence-electron chi connectivity index (χ3n) is 5.56. The van der Waals surface area contributed by atoms with E-state index in [9.17, 15) is 4.79 Å². The van der Waals surface area contributed by atoms with Crippen molar-refractivity contribution < 1.29 is 9.53 Å². The molecule has 3 aromatic rings. The van der Waals surface area contributed by atoms with E-state index < -0.39 is 0 Å². The molecular weight excluding hydrogens is 452 g/mol. The van der Waals surface area contributed by atoms with Gasteiger partial charge in [-0.3, -0.25) is 14.9 Å². The van der Waals surface area contributed by atoms with Crippen LogP contribution in [0, 0.1) is 0 Å². The lowest BCUT2D eigenvalue weighted by atomic mass is 10.0. The largest absolute Gasteiger partial charge is 0.461 e. The van der Waals surface area contributed by atoms with E-state index in [4.69, 9.17) is 4.74 Å². The van der Waals surface area contributed by atoms with Crippen molar-refractivity contribution >= 4 is 28.3 Å². The number of H-pyrrole nitrogens is 1. The van der Waals surface area contributed by atoms with E-state index in [1.165, 1.54) is 0 Å². The molecule has 1 aromatic carbocycles. The first-order valence-electron chi connectivity index (χ1n) is 12.4. The summed E-state index contributed by atoms with van der Waals surface area (Å²) in [5.74, 6) is -0.362. The summed E-state index contributed by atoms with van der Waals surface area (Å²) >= 11 is 0. The Morgan fingerprint density at radius 3 is 2.69 bits per heavy atom. The molecule has 1 fully saturated rings. The SMILES string of the molecule is C=C/C=C(\N=C(C)C)c1[nH]cnc1-c1ccc2ncc(C(=O)OCCN3CCNCC3)cc2c1.CC. The molecule has 0 amide bonds. The van der Waals surface area contributed by atoms with E-state index in [1.807, 2.05) is 58.0 Å². The molecule has 3 heterocycles. The minimum absolute atomic E-state index is 0.362. The molecule has 0 aliphatic carbocycles. The molecule has 0 spiro atoms. The van der Waals surface area contributed by atoms with Crippen LogP contribution >= 0.6 is 0 Å². The number of ether oxygens (including phenoxy) is 1. The molecule has 0 bridgehead atoms. The molecule has 1 saturated heterocycles. The number of aromatic amines is 1. The van der Waals surface area contributed by atoms with Crippen molar-refractivity contribution in [2.24, 2.45) is 4.99 Å². The summed E-state index contributed by atoms with van der Waals surface area (Å²) in [5.41, 5.74) is 5.38. The fourth-order valence-electron chi connectivity index (χ4n) is 3.91. The van der Waals surface area contributed by atoms with Crippen LogP contribution in [0.2, 0.25) is 0 Å². The molecule has 1 aliphatic rings. The van der Waals surface area contributed by atoms with E-state index in [2.05, 4.69) is 36.7 Å². The number of hydrogen-bond acceptors (Lipinski definition) is 7. The minimum Gasteiger partial charge on any atom is -0.461 e. The Morgan fingerprint density at radius 2 is 1.97 bits per heavy atom. The average molecular weight is 489 g/mol. The van der Waals surface area contributed by atoms with E-state index in [-0.39, 0.29) is 5.97 Å². The number of aromatic nitrogens is 3. The first kappa shape index (κ1) is 27.0. The second-order valence-corrected chi connectivity index (χ2v) is 8.33. The lowest BCUT2D eigenvalue weighted by Crippen LogP contribution is -2.44. The fourth-order valence-corrected chi connectivity index (χ4v) is 3.91. The summed E-state index contributed by atoms with van der Waals surface area (Å²) < 4.78 is 5.51. The molecule has 0 saturated carbocycles. The van der Waals surface area contributed by atoms with Crippen LogP contribution < -0.4 is 5.32 Å². The molecular formula is C28H36N6O2. The lowest BCUT2D eigenvalue weighted by molar-refractivity contribution is 0.0455. The Kier molecular flexibility index (Phi) is 10.1. The summed E-state index contributed by atoms with van der Waals surface area (Å²) in [5, 5.41) is 4.16. The van der Waals surface area contributed by atoms with Crippen LogP contribution in [0.3, 0.4) is 0 Å². The molecule has 8 heteroatoms. The van der Waals surface area contributed by atoms with Crippen LogP contribution in [0.25, 0.3) is 27.9 Å². The molecule has 36 heavy (non-hydrogen) atoms. The molecule has 2 N–H and O–H groups in total. The van der Waals surface area contributed by atoms with Crippen molar-refractivity contribution in [3.8, 4) is 11.3 Å². The van der Waals surface area contributed by atoms with Crippen LogP contribution in [-0.2, 0) is 4.74 Å². The predicted octanol–water partition coefficient (Wildman–Crippen LogP) is 4.72. The molecule has 190 valence electrons. The maximum atomic E-state index is 12.6. The van der Waals surface area contributed by atoms with Gasteiger partial charge in [-0.1, -0.05) is 32.6 Å². The summed E-state index contributed by atoms with van der Waals surface area (Å²) in [7, 11) is 0. The molecule has 0 radical (unpaired) electrons. The van der Waals surface area contributed by atoms with Gasteiger partial charge >= 0.3 is 5.97 Å². The highest BCUT2D eigenvalue weighted by Gasteiger charge is 2.15. The summed E-state index contributed by atoms with van der Waals surface area (Å²) in [6.07, 6.45) is 6.77. The molecule has 8 nitrogen and oxygen atoms in total. The number of fused-ring (bicyclic) bond motifs is 1. The quantitative estimate of drug-likeness (QED) is 0.271. The maximum absolute atomic E-state index is 12.6. The smallest absolute Gasteiger partial charge is 0.339 e. The third kappa shape index (κ3) is 6.96. The van der Waals surface area contributed by atoms with Gasteiger partial charge in [-0.15, -0.1) is 0 Å². The highest BCUT2D eigenvalue weighted by atomic mass is 16.5. The third-order valence-corrected chi connectivity index (χ3v) is 5.56. The maximum Gasteiger partial charge on any atom is 0.339 e. The van der Waals surface area contributed by atoms with Crippen LogP contribution in [0.4, 0.5) is 0 Å². The Labute approximate surface area is 213 Å². The van der Waals surface area contributed by atoms with Gasteiger partial charge in [-0.25, -0.2) is 9.78 Å². The van der Waals surface area contributed by atoms with Gasteiger partial charge in [-0.05, 0) is 38.1 Å². The second-order valence-electron chi connectivity index (χ2n) is 8.33. The van der Waals surface area contributed by atoms with E-state index in [0.29, 0.717) is 12.2 Å². The number of benzene rings is 1. The number of rotatable bonds is 8. The lowest BCUT2D eigenvalue weighted by Gasteiger charge is -2.26. The van der Waals surface area contributed by atoms with Crippen molar-refractivity contribution in [3.63, 3.8) is 0 Å². The number of carbonyl (C=O) groups is 1. The Balaban J connectivity index is 0.00000176. The van der Waals surface area contributed by atoms with Gasteiger partial charge in [0.05, 0.1) is 34.5 Å². The highest BCUT2D eigenvalue weighted by molar-refractivity contribution is 5.95. The number of nitrogens with one attached hydrogen (secondary N) is 2. The van der Waals surface area contributed by atoms with Crippen molar-refractivity contribution in [3.05, 3.63) is 66.8 Å². The molecule has 1 aliphatic heterocycles. The van der Waals surface area contributed by atoms with E-state index in [0.717, 1.165) is 72.0 Å². The number of nitrogens with zero attached hydrogens (tertiary/aromatic N) is 4. The zero-order valence-corrected chi connectivity index (χ0v) is 21.7. The number of carbonyl (C=O) groups excluding carboxylic acids is 1. The van der Waals surface area contributed by atoms with Gasteiger partial charge in [0.25, 0.3) is 0 Å². The van der Waals surface area contributed by atoms with Crippen molar-refractivity contribution in [2.75, 3.05) is 39.3 Å². The van der Waals surface area contributed by atoms with Crippen molar-refractivity contribution in [1.82, 2.24) is 25.2 Å². The molecule has 0 unspecified atom stereocenters. The summed E-state index contributed by atoms with van der Waals surface area (Å²) in [6, 6.07) is 7.69. The molecule has 2 aromatic heterocycles. The zero-order chi connectivity index (χ0) is 25.9. The Hall–Kier alpha value is -3.62. The highest BCUT2D eigenvalue weighted by Crippen LogP contribution is 2.29. The molecule has 0 atom stereocenters. The summed E-state index contributed by atoms with van der Waals surface area (Å²) in [6.45, 7) is 16.7. The average Bonchev–Trinajstić information content (AvgIpc) is 3.39.